The molecule has 1 aliphatic carbocycles. The molecule has 0 N–H and O–H groups in total. The molecule has 2 aromatic rings. The molecule has 6 heteroatoms. The molecule has 0 radical (unpaired) electrons. The molecule has 1 unspecified atom stereocenters. The highest BCUT2D eigenvalue weighted by atomic mass is 35.5. The predicted octanol–water partition coefficient (Wildman–Crippen LogP) is 5.78. The summed E-state index contributed by atoms with van der Waals surface area (Å²) in [5, 5.41) is 0.173. The summed E-state index contributed by atoms with van der Waals surface area (Å²) in [6.45, 7) is 3.86. The van der Waals surface area contributed by atoms with Crippen molar-refractivity contribution in [3.8, 4) is 0 Å². The molecule has 29 heavy (non-hydrogen) atoms. The SMILES string of the molecule is CC1(C)CC(=O)C2=C(C1)N(c1ccccc1F)C(=O)CC2c1c(F)cccc1Cl. The van der Waals surface area contributed by atoms with E-state index in [1.54, 1.807) is 18.2 Å². The van der Waals surface area contributed by atoms with Crippen LogP contribution in [-0.2, 0) is 9.59 Å². The van der Waals surface area contributed by atoms with Gasteiger partial charge < -0.3 is 0 Å². The summed E-state index contributed by atoms with van der Waals surface area (Å²) in [6.07, 6.45) is 0.518. The Bertz CT molecular complexity index is 1040. The zero-order valence-electron chi connectivity index (χ0n) is 16.1. The first-order valence-corrected chi connectivity index (χ1v) is 9.85. The lowest BCUT2D eigenvalue weighted by molar-refractivity contribution is -0.121. The van der Waals surface area contributed by atoms with Crippen molar-refractivity contribution in [1.29, 1.82) is 0 Å². The van der Waals surface area contributed by atoms with E-state index in [4.69, 9.17) is 11.6 Å². The third-order valence-corrected chi connectivity index (χ3v) is 5.91. The van der Waals surface area contributed by atoms with E-state index in [1.807, 2.05) is 13.8 Å². The Balaban J connectivity index is 1.97. The van der Waals surface area contributed by atoms with Crippen LogP contribution in [0.2, 0.25) is 5.02 Å². The number of halogens is 3. The Morgan fingerprint density at radius 1 is 1.00 bits per heavy atom. The fraction of sp³-hybridized carbons (Fsp3) is 0.304. The zero-order valence-corrected chi connectivity index (χ0v) is 16.9. The molecule has 0 saturated heterocycles. The number of hydrogen-bond donors (Lipinski definition) is 0. The molecule has 150 valence electrons. The van der Waals surface area contributed by atoms with Crippen molar-refractivity contribution >= 4 is 29.0 Å². The Kier molecular flexibility index (Phi) is 4.82. The van der Waals surface area contributed by atoms with Crippen molar-refractivity contribution in [3.05, 3.63) is 76.0 Å². The fourth-order valence-corrected chi connectivity index (χ4v) is 4.71. The molecule has 3 nitrogen and oxygen atoms in total. The van der Waals surface area contributed by atoms with Gasteiger partial charge in [-0.2, -0.15) is 0 Å². The van der Waals surface area contributed by atoms with E-state index in [0.29, 0.717) is 17.7 Å². The highest BCUT2D eigenvalue weighted by molar-refractivity contribution is 6.31. The second kappa shape index (κ2) is 7.06. The maximum Gasteiger partial charge on any atom is 0.232 e. The van der Waals surface area contributed by atoms with Gasteiger partial charge in [-0.3, -0.25) is 14.5 Å². The number of para-hydroxylation sites is 1. The first kappa shape index (κ1) is 19.8. The Labute approximate surface area is 173 Å². The van der Waals surface area contributed by atoms with Gasteiger partial charge in [-0.1, -0.05) is 43.6 Å². The molecule has 1 aliphatic heterocycles. The minimum Gasteiger partial charge on any atom is -0.294 e. The summed E-state index contributed by atoms with van der Waals surface area (Å²) >= 11 is 6.27. The molecule has 1 atom stereocenters. The maximum atomic E-state index is 14.7. The van der Waals surface area contributed by atoms with Crippen LogP contribution in [0.1, 0.15) is 44.6 Å². The topological polar surface area (TPSA) is 37.4 Å². The van der Waals surface area contributed by atoms with E-state index >= 15 is 0 Å². The lowest BCUT2D eigenvalue weighted by Crippen LogP contribution is -2.44. The number of carbonyl (C=O) groups is 2. The number of Topliss-reactive ketones (excluding diaryl/α,β-unsaturated/α-hetero) is 1. The lowest BCUT2D eigenvalue weighted by atomic mass is 9.69. The van der Waals surface area contributed by atoms with Crippen LogP contribution in [0.15, 0.2) is 53.7 Å². The number of allylic oxidation sites excluding steroid dienone is 2. The van der Waals surface area contributed by atoms with Gasteiger partial charge in [-0.25, -0.2) is 8.78 Å². The standard InChI is InChI=1S/C23H20ClF2NO2/c1-23(2)11-18-22(19(28)12-23)13(21-14(24)6-5-8-16(21)26)10-20(29)27(18)17-9-4-3-7-15(17)25/h3-9,13H,10-12H2,1-2H3. The van der Waals surface area contributed by atoms with Crippen molar-refractivity contribution in [3.63, 3.8) is 0 Å². The van der Waals surface area contributed by atoms with E-state index in [1.165, 1.54) is 29.2 Å². The van der Waals surface area contributed by atoms with E-state index in [-0.39, 0.29) is 40.8 Å². The van der Waals surface area contributed by atoms with Crippen molar-refractivity contribution < 1.29 is 18.4 Å². The first-order chi connectivity index (χ1) is 13.7. The molecule has 0 aromatic heterocycles. The molecule has 1 amide bonds. The molecule has 0 fully saturated rings. The van der Waals surface area contributed by atoms with Gasteiger partial charge in [0.1, 0.15) is 11.6 Å². The molecule has 2 aromatic carbocycles. The highest BCUT2D eigenvalue weighted by Crippen LogP contribution is 2.49. The Morgan fingerprint density at radius 3 is 2.38 bits per heavy atom. The summed E-state index contributed by atoms with van der Waals surface area (Å²) in [4.78, 5) is 27.6. The third kappa shape index (κ3) is 3.38. The van der Waals surface area contributed by atoms with Gasteiger partial charge in [0.05, 0.1) is 5.69 Å². The molecule has 4 rings (SSSR count). The van der Waals surface area contributed by atoms with Gasteiger partial charge in [0, 0.05) is 40.6 Å². The number of nitrogens with zero attached hydrogens (tertiary/aromatic N) is 1. The number of ketones is 1. The number of carbonyl (C=O) groups excluding carboxylic acids is 2. The summed E-state index contributed by atoms with van der Waals surface area (Å²) in [7, 11) is 0. The number of rotatable bonds is 2. The minimum absolute atomic E-state index is 0.105. The van der Waals surface area contributed by atoms with Gasteiger partial charge in [-0.05, 0) is 36.1 Å². The van der Waals surface area contributed by atoms with Gasteiger partial charge in [0.25, 0.3) is 0 Å². The maximum absolute atomic E-state index is 14.7. The second-order valence-corrected chi connectivity index (χ2v) is 8.78. The molecule has 0 saturated carbocycles. The van der Waals surface area contributed by atoms with Crippen molar-refractivity contribution in [2.75, 3.05) is 4.90 Å². The lowest BCUT2D eigenvalue weighted by Gasteiger charge is -2.43. The first-order valence-electron chi connectivity index (χ1n) is 9.47. The normalized spacial score (nSPS) is 21.4. The molecule has 2 aliphatic rings. The number of amides is 1. The molecular weight excluding hydrogens is 396 g/mol. The fourth-order valence-electron chi connectivity index (χ4n) is 4.42. The Morgan fingerprint density at radius 2 is 1.69 bits per heavy atom. The smallest absolute Gasteiger partial charge is 0.232 e. The average Bonchev–Trinajstić information content (AvgIpc) is 2.61. The number of hydrogen-bond acceptors (Lipinski definition) is 2. The van der Waals surface area contributed by atoms with Crippen LogP contribution >= 0.6 is 11.6 Å². The molecule has 1 heterocycles. The van der Waals surface area contributed by atoms with E-state index in [9.17, 15) is 18.4 Å². The van der Waals surface area contributed by atoms with Gasteiger partial charge in [0.2, 0.25) is 5.91 Å². The summed E-state index contributed by atoms with van der Waals surface area (Å²) in [5.74, 6) is -2.43. The number of benzene rings is 2. The van der Waals surface area contributed by atoms with Crippen LogP contribution in [0, 0.1) is 17.0 Å². The van der Waals surface area contributed by atoms with Crippen LogP contribution in [0.4, 0.5) is 14.5 Å². The van der Waals surface area contributed by atoms with Gasteiger partial charge in [-0.15, -0.1) is 0 Å². The van der Waals surface area contributed by atoms with Crippen molar-refractivity contribution in [2.24, 2.45) is 5.41 Å². The van der Waals surface area contributed by atoms with Crippen molar-refractivity contribution in [1.82, 2.24) is 0 Å². The van der Waals surface area contributed by atoms with Crippen LogP contribution in [-0.4, -0.2) is 11.7 Å². The van der Waals surface area contributed by atoms with Crippen LogP contribution in [0.3, 0.4) is 0 Å². The minimum atomic E-state index is -0.780. The van der Waals surface area contributed by atoms with E-state index in [0.717, 1.165) is 0 Å². The van der Waals surface area contributed by atoms with E-state index in [2.05, 4.69) is 0 Å². The van der Waals surface area contributed by atoms with Gasteiger partial charge >= 0.3 is 0 Å². The summed E-state index contributed by atoms with van der Waals surface area (Å²) in [6, 6.07) is 10.3. The monoisotopic (exact) mass is 415 g/mol. The molecule has 0 bridgehead atoms. The average molecular weight is 416 g/mol. The quantitative estimate of drug-likeness (QED) is 0.623. The zero-order chi connectivity index (χ0) is 20.9. The highest BCUT2D eigenvalue weighted by Gasteiger charge is 2.45. The predicted molar refractivity (Wildman–Crippen MR) is 108 cm³/mol. The summed E-state index contributed by atoms with van der Waals surface area (Å²) in [5.41, 5.74) is 0.654. The van der Waals surface area contributed by atoms with Crippen molar-refractivity contribution in [2.45, 2.75) is 39.0 Å². The van der Waals surface area contributed by atoms with Crippen LogP contribution in [0.25, 0.3) is 0 Å². The third-order valence-electron chi connectivity index (χ3n) is 5.58. The van der Waals surface area contributed by atoms with E-state index < -0.39 is 23.0 Å². The Hall–Kier alpha value is -2.53. The van der Waals surface area contributed by atoms with Gasteiger partial charge in [0.15, 0.2) is 5.78 Å². The van der Waals surface area contributed by atoms with Crippen LogP contribution in [0.5, 0.6) is 0 Å². The van der Waals surface area contributed by atoms with Crippen LogP contribution < -0.4 is 4.90 Å². The molecular formula is C23H20ClF2NO2. The largest absolute Gasteiger partial charge is 0.294 e. The summed E-state index contributed by atoms with van der Waals surface area (Å²) < 4.78 is 29.2. The number of anilines is 1. The molecule has 0 spiro atoms. The second-order valence-electron chi connectivity index (χ2n) is 8.37.